The summed E-state index contributed by atoms with van der Waals surface area (Å²) in [7, 11) is 0. The highest BCUT2D eigenvalue weighted by Crippen LogP contribution is 2.35. The maximum Gasteiger partial charge on any atom is 0.435 e. The van der Waals surface area contributed by atoms with Crippen LogP contribution >= 0.6 is 0 Å². The predicted molar refractivity (Wildman–Crippen MR) is 68.6 cm³/mol. The van der Waals surface area contributed by atoms with Gasteiger partial charge in [-0.05, 0) is 0 Å². The van der Waals surface area contributed by atoms with Gasteiger partial charge < -0.3 is 4.74 Å². The van der Waals surface area contributed by atoms with Crippen molar-refractivity contribution in [3.63, 3.8) is 0 Å². The Hall–Kier alpha value is -2.42. The van der Waals surface area contributed by atoms with Crippen molar-refractivity contribution in [3.05, 3.63) is 71.8 Å². The first-order valence-electron chi connectivity index (χ1n) is 5.70. The Kier molecular flexibility index (Phi) is 2.45. The fraction of sp³-hybridized carbons (Fsp3) is 0.0667. The molecule has 1 heterocycles. The zero-order valence-corrected chi connectivity index (χ0v) is 9.61. The first-order valence-corrected chi connectivity index (χ1v) is 5.70. The van der Waals surface area contributed by atoms with E-state index >= 15 is 0 Å². The van der Waals surface area contributed by atoms with Gasteiger partial charge in [0, 0.05) is 11.1 Å². The molecular weight excluding hydrogens is 226 g/mol. The molecule has 3 nitrogen and oxygen atoms in total. The van der Waals surface area contributed by atoms with Gasteiger partial charge in [-0.3, -0.25) is 0 Å². The first-order chi connectivity index (χ1) is 8.81. The third-order valence-corrected chi connectivity index (χ3v) is 3.01. The second kappa shape index (κ2) is 4.11. The van der Waals surface area contributed by atoms with E-state index < -0.39 is 11.7 Å². The van der Waals surface area contributed by atoms with Gasteiger partial charge >= 0.3 is 6.09 Å². The normalized spacial score (nSPS) is 16.6. The molecule has 2 aromatic carbocycles. The highest BCUT2D eigenvalue weighted by molar-refractivity contribution is 5.93. The van der Waals surface area contributed by atoms with E-state index in [4.69, 9.17) is 4.74 Å². The van der Waals surface area contributed by atoms with E-state index in [0.717, 1.165) is 11.1 Å². The van der Waals surface area contributed by atoms with Crippen LogP contribution < -0.4 is 0 Å². The molecule has 88 valence electrons. The van der Waals surface area contributed by atoms with Gasteiger partial charge in [-0.1, -0.05) is 60.7 Å². The molecule has 0 atom stereocenters. The van der Waals surface area contributed by atoms with Crippen LogP contribution in [0.5, 0.6) is 0 Å². The minimum Gasteiger partial charge on any atom is -0.425 e. The van der Waals surface area contributed by atoms with Crippen LogP contribution in [0, 0.1) is 0 Å². The summed E-state index contributed by atoms with van der Waals surface area (Å²) < 4.78 is 5.46. The van der Waals surface area contributed by atoms with E-state index in [1.165, 1.54) is 0 Å². The van der Waals surface area contributed by atoms with E-state index in [9.17, 15) is 4.79 Å². The van der Waals surface area contributed by atoms with Gasteiger partial charge in [0.1, 0.15) is 0 Å². The van der Waals surface area contributed by atoms with E-state index in [-0.39, 0.29) is 0 Å². The number of carbonyl (C=O) groups excluding carboxylic acids is 1. The molecule has 0 spiro atoms. The van der Waals surface area contributed by atoms with Crippen molar-refractivity contribution in [2.45, 2.75) is 5.60 Å². The molecule has 2 aromatic rings. The van der Waals surface area contributed by atoms with Crippen molar-refractivity contribution in [1.29, 1.82) is 0 Å². The highest BCUT2D eigenvalue weighted by Gasteiger charge is 2.40. The van der Waals surface area contributed by atoms with Crippen molar-refractivity contribution < 1.29 is 9.53 Å². The smallest absolute Gasteiger partial charge is 0.425 e. The summed E-state index contributed by atoms with van der Waals surface area (Å²) in [6, 6.07) is 19.2. The Balaban J connectivity index is 2.18. The third kappa shape index (κ3) is 1.61. The molecule has 1 aliphatic heterocycles. The fourth-order valence-electron chi connectivity index (χ4n) is 2.14. The van der Waals surface area contributed by atoms with E-state index in [2.05, 4.69) is 4.99 Å². The van der Waals surface area contributed by atoms with Gasteiger partial charge in [0.25, 0.3) is 0 Å². The maximum absolute atomic E-state index is 11.4. The van der Waals surface area contributed by atoms with Crippen LogP contribution in [0.2, 0.25) is 0 Å². The SMILES string of the molecule is O=C1N=CC(c2ccccc2)(c2ccccc2)O1. The minimum absolute atomic E-state index is 0.553. The number of benzene rings is 2. The Bertz CT molecular complexity index is 551. The van der Waals surface area contributed by atoms with Crippen LogP contribution in [0.25, 0.3) is 0 Å². The largest absolute Gasteiger partial charge is 0.435 e. The summed E-state index contributed by atoms with van der Waals surface area (Å²) in [6.45, 7) is 0. The molecule has 0 saturated carbocycles. The van der Waals surface area contributed by atoms with Gasteiger partial charge in [-0.15, -0.1) is 0 Å². The van der Waals surface area contributed by atoms with E-state index in [1.54, 1.807) is 6.21 Å². The Morgan fingerprint density at radius 3 is 1.72 bits per heavy atom. The van der Waals surface area contributed by atoms with Crippen molar-refractivity contribution >= 4 is 12.3 Å². The molecule has 18 heavy (non-hydrogen) atoms. The standard InChI is InChI=1S/C15H11NO2/c17-14-16-11-15(18-14,12-7-3-1-4-8-12)13-9-5-2-6-10-13/h1-11H. The summed E-state index contributed by atoms with van der Waals surface area (Å²) in [5.74, 6) is 0. The van der Waals surface area contributed by atoms with Gasteiger partial charge in [-0.2, -0.15) is 4.99 Å². The molecule has 3 rings (SSSR count). The van der Waals surface area contributed by atoms with Gasteiger partial charge in [0.05, 0.1) is 6.21 Å². The number of hydrogen-bond donors (Lipinski definition) is 0. The summed E-state index contributed by atoms with van der Waals surface area (Å²) in [5.41, 5.74) is 0.899. The molecule has 0 unspecified atom stereocenters. The summed E-state index contributed by atoms with van der Waals surface area (Å²) >= 11 is 0. The molecule has 3 heteroatoms. The van der Waals surface area contributed by atoms with Gasteiger partial charge in [-0.25, -0.2) is 4.79 Å². The lowest BCUT2D eigenvalue weighted by Crippen LogP contribution is -2.30. The minimum atomic E-state index is -0.889. The topological polar surface area (TPSA) is 38.7 Å². The molecule has 0 bridgehead atoms. The average Bonchev–Trinajstić information content (AvgIpc) is 2.84. The average molecular weight is 237 g/mol. The zero-order valence-electron chi connectivity index (χ0n) is 9.61. The van der Waals surface area contributed by atoms with Crippen LogP contribution in [-0.2, 0) is 10.3 Å². The number of amides is 1. The number of cyclic esters (lactones) is 1. The molecule has 0 aliphatic carbocycles. The second-order valence-corrected chi connectivity index (χ2v) is 4.09. The molecule has 0 aromatic heterocycles. The number of nitrogens with zero attached hydrogens (tertiary/aromatic N) is 1. The van der Waals surface area contributed by atoms with Crippen molar-refractivity contribution in [2.24, 2.45) is 4.99 Å². The van der Waals surface area contributed by atoms with E-state index in [0.29, 0.717) is 0 Å². The summed E-state index contributed by atoms with van der Waals surface area (Å²) in [5, 5.41) is 0. The van der Waals surface area contributed by atoms with Crippen LogP contribution in [0.4, 0.5) is 4.79 Å². The van der Waals surface area contributed by atoms with Crippen molar-refractivity contribution in [1.82, 2.24) is 0 Å². The fourth-order valence-corrected chi connectivity index (χ4v) is 2.14. The second-order valence-electron chi connectivity index (χ2n) is 4.09. The Labute approximate surface area is 105 Å². The maximum atomic E-state index is 11.4. The zero-order chi connectivity index (χ0) is 12.4. The monoisotopic (exact) mass is 237 g/mol. The molecule has 0 fully saturated rings. The van der Waals surface area contributed by atoms with Crippen LogP contribution in [-0.4, -0.2) is 12.3 Å². The molecular formula is C15H11NO2. The third-order valence-electron chi connectivity index (χ3n) is 3.01. The summed E-state index contributed by atoms with van der Waals surface area (Å²) in [6.07, 6.45) is 1.02. The van der Waals surface area contributed by atoms with Gasteiger partial charge in [0.15, 0.2) is 5.60 Å². The highest BCUT2D eigenvalue weighted by atomic mass is 16.6. The van der Waals surface area contributed by atoms with Crippen LogP contribution in [0.3, 0.4) is 0 Å². The quantitative estimate of drug-likeness (QED) is 0.804. The van der Waals surface area contributed by atoms with Crippen LogP contribution in [0.15, 0.2) is 65.7 Å². The molecule has 0 radical (unpaired) electrons. The molecule has 0 saturated heterocycles. The molecule has 1 aliphatic rings. The number of aliphatic imine (C=N–C) groups is 1. The number of rotatable bonds is 2. The number of carbonyl (C=O) groups is 1. The van der Waals surface area contributed by atoms with Crippen LogP contribution in [0.1, 0.15) is 11.1 Å². The molecule has 0 N–H and O–H groups in total. The first kappa shape index (κ1) is 10.7. The van der Waals surface area contributed by atoms with Crippen molar-refractivity contribution in [2.75, 3.05) is 0 Å². The van der Waals surface area contributed by atoms with E-state index in [1.807, 2.05) is 60.7 Å². The number of hydrogen-bond acceptors (Lipinski definition) is 2. The lowest BCUT2D eigenvalue weighted by molar-refractivity contribution is 0.109. The lowest BCUT2D eigenvalue weighted by atomic mass is 9.87. The lowest BCUT2D eigenvalue weighted by Gasteiger charge is -2.25. The predicted octanol–water partition coefficient (Wildman–Crippen LogP) is 3.15. The summed E-state index contributed by atoms with van der Waals surface area (Å²) in [4.78, 5) is 15.1. The Morgan fingerprint density at radius 2 is 1.33 bits per heavy atom. The van der Waals surface area contributed by atoms with Gasteiger partial charge in [0.2, 0.25) is 0 Å². The van der Waals surface area contributed by atoms with Crippen molar-refractivity contribution in [3.8, 4) is 0 Å². The Morgan fingerprint density at radius 1 is 0.833 bits per heavy atom. The number of ether oxygens (including phenoxy) is 1. The molecule has 1 amide bonds.